The number of anilines is 2. The van der Waals surface area contributed by atoms with Crippen LogP contribution in [0.25, 0.3) is 33.1 Å². The Bertz CT molecular complexity index is 1740. The molecule has 5 aromatic rings. The summed E-state index contributed by atoms with van der Waals surface area (Å²) in [7, 11) is 3.91. The molecular formula is C28H28ClN7O. The first kappa shape index (κ1) is 23.5. The molecule has 5 heterocycles. The number of nitrogens with one attached hydrogen (secondary N) is 1. The number of aromatic nitrogens is 5. The van der Waals surface area contributed by atoms with Crippen LogP contribution in [-0.4, -0.2) is 38.4 Å². The Morgan fingerprint density at radius 3 is 2.76 bits per heavy atom. The second-order valence-corrected chi connectivity index (χ2v) is 10.3. The van der Waals surface area contributed by atoms with E-state index in [1.165, 1.54) is 0 Å². The van der Waals surface area contributed by atoms with Crippen LogP contribution < -0.4 is 15.8 Å². The molecular weight excluding hydrogens is 486 g/mol. The summed E-state index contributed by atoms with van der Waals surface area (Å²) in [4.78, 5) is 24.6. The smallest absolute Gasteiger partial charge is 0.260 e. The summed E-state index contributed by atoms with van der Waals surface area (Å²) in [6.07, 6.45) is 4.58. The highest BCUT2D eigenvalue weighted by Crippen LogP contribution is 2.36. The third kappa shape index (κ3) is 3.92. The van der Waals surface area contributed by atoms with Gasteiger partial charge in [-0.05, 0) is 61.7 Å². The van der Waals surface area contributed by atoms with Crippen LogP contribution in [0.4, 0.5) is 11.5 Å². The Morgan fingerprint density at radius 2 is 1.95 bits per heavy atom. The van der Waals surface area contributed by atoms with Gasteiger partial charge in [0.25, 0.3) is 5.56 Å². The van der Waals surface area contributed by atoms with Crippen molar-refractivity contribution in [3.05, 3.63) is 75.4 Å². The van der Waals surface area contributed by atoms with Gasteiger partial charge in [-0.1, -0.05) is 17.7 Å². The molecule has 6 rings (SSSR count). The number of hydrogen-bond donors (Lipinski definition) is 1. The Labute approximate surface area is 219 Å². The van der Waals surface area contributed by atoms with Gasteiger partial charge in [-0.25, -0.2) is 14.6 Å². The van der Waals surface area contributed by atoms with E-state index in [0.717, 1.165) is 68.7 Å². The van der Waals surface area contributed by atoms with Gasteiger partial charge in [-0.15, -0.1) is 0 Å². The van der Waals surface area contributed by atoms with E-state index in [1.54, 1.807) is 12.3 Å². The van der Waals surface area contributed by atoms with Gasteiger partial charge in [0.15, 0.2) is 0 Å². The summed E-state index contributed by atoms with van der Waals surface area (Å²) in [5, 5.41) is 11.4. The standard InChI is InChI=1S/C28H28ClN7O/c1-16-12-19(25-20(13-16)28(37)35-10-5-11-36-27(35)21(25)15-31-36)17(2)32-22-6-7-23(29)33-26(22)18-8-9-30-24(14-18)34(3)4/h6-9,12-15,17,32H,5,10-11H2,1-4H3. The highest BCUT2D eigenvalue weighted by molar-refractivity contribution is 6.29. The lowest BCUT2D eigenvalue weighted by atomic mass is 9.95. The molecule has 1 N–H and O–H groups in total. The maximum Gasteiger partial charge on any atom is 0.260 e. The van der Waals surface area contributed by atoms with E-state index in [-0.39, 0.29) is 11.6 Å². The largest absolute Gasteiger partial charge is 0.377 e. The fourth-order valence-corrected chi connectivity index (χ4v) is 5.50. The Balaban J connectivity index is 1.50. The first-order chi connectivity index (χ1) is 17.8. The number of nitrogens with zero attached hydrogens (tertiary/aromatic N) is 6. The molecule has 1 aromatic carbocycles. The lowest BCUT2D eigenvalue weighted by molar-refractivity contribution is 0.485. The topological polar surface area (TPSA) is 80.9 Å². The molecule has 0 spiro atoms. The van der Waals surface area contributed by atoms with Gasteiger partial charge < -0.3 is 10.2 Å². The zero-order valence-corrected chi connectivity index (χ0v) is 22.0. The summed E-state index contributed by atoms with van der Waals surface area (Å²) in [6.45, 7) is 5.69. The molecule has 0 aliphatic carbocycles. The maximum absolute atomic E-state index is 13.6. The summed E-state index contributed by atoms with van der Waals surface area (Å²) < 4.78 is 3.83. The van der Waals surface area contributed by atoms with E-state index in [4.69, 9.17) is 11.6 Å². The van der Waals surface area contributed by atoms with Crippen molar-refractivity contribution >= 4 is 44.9 Å². The first-order valence-corrected chi connectivity index (χ1v) is 12.8. The SMILES string of the molecule is Cc1cc(C(C)Nc2ccc(Cl)nc2-c2ccnc(N(C)C)c2)c2c(c1)c(=O)n1c3c2cnn3CCC1. The minimum atomic E-state index is -0.121. The fourth-order valence-electron chi connectivity index (χ4n) is 5.35. The number of fused-ring (bicyclic) bond motifs is 2. The minimum Gasteiger partial charge on any atom is -0.377 e. The third-order valence-electron chi connectivity index (χ3n) is 7.05. The molecule has 0 radical (unpaired) electrons. The van der Waals surface area contributed by atoms with Gasteiger partial charge in [0, 0.05) is 61.1 Å². The van der Waals surface area contributed by atoms with Crippen molar-refractivity contribution in [2.75, 3.05) is 24.3 Å². The summed E-state index contributed by atoms with van der Waals surface area (Å²) >= 11 is 6.33. The lowest BCUT2D eigenvalue weighted by Crippen LogP contribution is -2.27. The summed E-state index contributed by atoms with van der Waals surface area (Å²) in [5.41, 5.74) is 5.56. The Kier molecular flexibility index (Phi) is 5.64. The Morgan fingerprint density at radius 1 is 1.11 bits per heavy atom. The van der Waals surface area contributed by atoms with Crippen molar-refractivity contribution in [1.29, 1.82) is 0 Å². The van der Waals surface area contributed by atoms with E-state index in [0.29, 0.717) is 11.7 Å². The zero-order valence-electron chi connectivity index (χ0n) is 21.3. The van der Waals surface area contributed by atoms with Crippen LogP contribution in [0.5, 0.6) is 0 Å². The number of aryl methyl sites for hydroxylation is 3. The lowest BCUT2D eigenvalue weighted by Gasteiger charge is -2.23. The maximum atomic E-state index is 13.6. The number of halogens is 1. The average Bonchev–Trinajstić information content (AvgIpc) is 3.32. The molecule has 1 aliphatic heterocycles. The van der Waals surface area contributed by atoms with Crippen LogP contribution in [0.2, 0.25) is 5.15 Å². The van der Waals surface area contributed by atoms with Gasteiger partial charge in [-0.2, -0.15) is 5.10 Å². The van der Waals surface area contributed by atoms with Crippen LogP contribution in [0.1, 0.15) is 30.5 Å². The van der Waals surface area contributed by atoms with Crippen LogP contribution in [0.3, 0.4) is 0 Å². The predicted octanol–water partition coefficient (Wildman–Crippen LogP) is 5.41. The van der Waals surface area contributed by atoms with Crippen LogP contribution >= 0.6 is 11.6 Å². The first-order valence-electron chi connectivity index (χ1n) is 12.4. The molecule has 0 amide bonds. The molecule has 37 heavy (non-hydrogen) atoms. The molecule has 4 aromatic heterocycles. The van der Waals surface area contributed by atoms with Crippen molar-refractivity contribution in [3.63, 3.8) is 0 Å². The minimum absolute atomic E-state index is 0.0444. The molecule has 9 heteroatoms. The summed E-state index contributed by atoms with van der Waals surface area (Å²) in [5.74, 6) is 0.833. The van der Waals surface area contributed by atoms with Gasteiger partial charge >= 0.3 is 0 Å². The quantitative estimate of drug-likeness (QED) is 0.316. The van der Waals surface area contributed by atoms with Gasteiger partial charge in [0.1, 0.15) is 16.6 Å². The van der Waals surface area contributed by atoms with E-state index in [9.17, 15) is 4.79 Å². The number of rotatable bonds is 5. The molecule has 0 bridgehead atoms. The number of hydrogen-bond acceptors (Lipinski definition) is 6. The zero-order chi connectivity index (χ0) is 25.8. The highest BCUT2D eigenvalue weighted by atomic mass is 35.5. The van der Waals surface area contributed by atoms with Gasteiger partial charge in [0.2, 0.25) is 0 Å². The van der Waals surface area contributed by atoms with Gasteiger partial charge in [0.05, 0.1) is 17.6 Å². The monoisotopic (exact) mass is 513 g/mol. The molecule has 0 saturated carbocycles. The van der Waals surface area contributed by atoms with E-state index >= 15 is 0 Å². The number of benzene rings is 1. The molecule has 1 aliphatic rings. The predicted molar refractivity (Wildman–Crippen MR) is 150 cm³/mol. The van der Waals surface area contributed by atoms with Crippen molar-refractivity contribution < 1.29 is 0 Å². The van der Waals surface area contributed by atoms with E-state index in [2.05, 4.69) is 33.4 Å². The fraction of sp³-hybridized carbons (Fsp3) is 0.286. The van der Waals surface area contributed by atoms with Crippen molar-refractivity contribution in [3.8, 4) is 11.3 Å². The van der Waals surface area contributed by atoms with Crippen molar-refractivity contribution in [2.24, 2.45) is 0 Å². The molecule has 0 saturated heterocycles. The molecule has 188 valence electrons. The second kappa shape index (κ2) is 8.88. The van der Waals surface area contributed by atoms with E-state index < -0.39 is 0 Å². The normalized spacial score (nSPS) is 13.8. The van der Waals surface area contributed by atoms with Crippen LogP contribution in [0.15, 0.2) is 53.6 Å². The van der Waals surface area contributed by atoms with Crippen molar-refractivity contribution in [1.82, 2.24) is 24.3 Å². The van der Waals surface area contributed by atoms with Crippen LogP contribution in [0, 0.1) is 6.92 Å². The molecule has 1 atom stereocenters. The average molecular weight is 514 g/mol. The highest BCUT2D eigenvalue weighted by Gasteiger charge is 2.23. The van der Waals surface area contributed by atoms with Crippen LogP contribution in [-0.2, 0) is 13.1 Å². The Hall–Kier alpha value is -3.91. The van der Waals surface area contributed by atoms with Gasteiger partial charge in [-0.3, -0.25) is 9.36 Å². The molecule has 8 nitrogen and oxygen atoms in total. The van der Waals surface area contributed by atoms with E-state index in [1.807, 2.05) is 65.6 Å². The number of pyridine rings is 3. The molecule has 1 unspecified atom stereocenters. The van der Waals surface area contributed by atoms with Crippen molar-refractivity contribution in [2.45, 2.75) is 39.4 Å². The summed E-state index contributed by atoms with van der Waals surface area (Å²) in [6, 6.07) is 11.7. The molecule has 0 fully saturated rings. The second-order valence-electron chi connectivity index (χ2n) is 9.89. The third-order valence-corrected chi connectivity index (χ3v) is 7.26.